The van der Waals surface area contributed by atoms with Gasteiger partial charge in [0.15, 0.2) is 11.6 Å². The molecule has 1 amide bonds. The smallest absolute Gasteiger partial charge is 0.329 e. The van der Waals surface area contributed by atoms with Gasteiger partial charge in [-0.15, -0.1) is 0 Å². The number of aromatic nitrogens is 2. The first-order chi connectivity index (χ1) is 15.3. The van der Waals surface area contributed by atoms with E-state index < -0.39 is 34.3 Å². The maximum absolute atomic E-state index is 14.5. The number of carbonyl (C=O) groups excluding carboxylic acids is 1. The molecule has 3 atom stereocenters. The topological polar surface area (TPSA) is 75.2 Å². The lowest BCUT2D eigenvalue weighted by Crippen LogP contribution is -2.47. The van der Waals surface area contributed by atoms with Gasteiger partial charge in [0.2, 0.25) is 5.91 Å². The molecule has 2 unspecified atom stereocenters. The molecule has 0 saturated carbocycles. The third-order valence-corrected chi connectivity index (χ3v) is 6.66. The van der Waals surface area contributed by atoms with Gasteiger partial charge in [-0.1, -0.05) is 38.1 Å². The Kier molecular flexibility index (Phi) is 4.76. The van der Waals surface area contributed by atoms with E-state index in [2.05, 4.69) is 11.1 Å². The minimum atomic E-state index is -1.33. The van der Waals surface area contributed by atoms with Gasteiger partial charge in [-0.05, 0) is 42.0 Å². The van der Waals surface area contributed by atoms with Crippen LogP contribution >= 0.6 is 0 Å². The number of hydrogen-bond donors (Lipinski definition) is 1. The number of fused-ring (bicyclic) bond motifs is 6. The number of carbonyl (C=O) groups is 1. The number of amides is 1. The van der Waals surface area contributed by atoms with Gasteiger partial charge in [-0.3, -0.25) is 9.59 Å². The molecule has 2 heterocycles. The first-order valence-corrected chi connectivity index (χ1v) is 10.8. The second-order valence-corrected chi connectivity index (χ2v) is 9.10. The molecule has 32 heavy (non-hydrogen) atoms. The van der Waals surface area contributed by atoms with E-state index >= 15 is 0 Å². The molecule has 1 N–H and O–H groups in total. The average Bonchev–Trinajstić information content (AvgIpc) is 3.35. The lowest BCUT2D eigenvalue weighted by molar-refractivity contribution is -0.136. The standard InChI is InChI=1S/C24H23F2N3O3/c1-12(2)9-19(22(30)28-11-13-10-18(28)15-6-4-3-5-14(13)15)29-23(31)20-17(27-24(29)32)8-7-16(25)21(20)26/h3-8,12-13,18-19H,9-11H2,1-2H3,(H,27,32)/t13?,18?,19-/m0/s1. The van der Waals surface area contributed by atoms with Gasteiger partial charge in [0.25, 0.3) is 5.56 Å². The highest BCUT2D eigenvalue weighted by Crippen LogP contribution is 2.50. The molecule has 8 heteroatoms. The molecule has 1 aliphatic carbocycles. The van der Waals surface area contributed by atoms with Crippen molar-refractivity contribution in [1.29, 1.82) is 0 Å². The van der Waals surface area contributed by atoms with Gasteiger partial charge in [-0.2, -0.15) is 0 Å². The summed E-state index contributed by atoms with van der Waals surface area (Å²) in [5, 5.41) is -0.556. The van der Waals surface area contributed by atoms with Gasteiger partial charge in [0, 0.05) is 12.5 Å². The number of benzene rings is 2. The zero-order valence-corrected chi connectivity index (χ0v) is 17.8. The summed E-state index contributed by atoms with van der Waals surface area (Å²) in [6.07, 6.45) is 1.03. The van der Waals surface area contributed by atoms with E-state index in [1.165, 1.54) is 5.56 Å². The monoisotopic (exact) mass is 439 g/mol. The molecule has 3 aromatic rings. The zero-order valence-electron chi connectivity index (χ0n) is 17.8. The van der Waals surface area contributed by atoms with Crippen LogP contribution in [0.1, 0.15) is 55.8 Å². The van der Waals surface area contributed by atoms with Crippen molar-refractivity contribution in [3.05, 3.63) is 80.0 Å². The number of H-pyrrole nitrogens is 1. The number of nitrogens with one attached hydrogen (secondary N) is 1. The van der Waals surface area contributed by atoms with Crippen molar-refractivity contribution in [3.63, 3.8) is 0 Å². The Morgan fingerprint density at radius 3 is 2.56 bits per heavy atom. The molecule has 0 radical (unpaired) electrons. The summed E-state index contributed by atoms with van der Waals surface area (Å²) in [5.74, 6) is -2.66. The maximum atomic E-state index is 14.5. The van der Waals surface area contributed by atoms with Crippen molar-refractivity contribution in [1.82, 2.24) is 14.5 Å². The van der Waals surface area contributed by atoms with Crippen molar-refractivity contribution >= 4 is 16.8 Å². The minimum absolute atomic E-state index is 0.0182. The number of halogens is 2. The molecule has 2 bridgehead atoms. The predicted octanol–water partition coefficient (Wildman–Crippen LogP) is 3.63. The van der Waals surface area contributed by atoms with Crippen LogP contribution in [-0.4, -0.2) is 26.9 Å². The summed E-state index contributed by atoms with van der Waals surface area (Å²) >= 11 is 0. The van der Waals surface area contributed by atoms with Crippen LogP contribution in [0.4, 0.5) is 8.78 Å². The maximum Gasteiger partial charge on any atom is 0.329 e. The molecular formula is C24H23F2N3O3. The average molecular weight is 439 g/mol. The molecule has 1 aromatic heterocycles. The van der Waals surface area contributed by atoms with E-state index in [0.29, 0.717) is 6.54 Å². The van der Waals surface area contributed by atoms with Crippen LogP contribution in [0.25, 0.3) is 10.9 Å². The highest BCUT2D eigenvalue weighted by molar-refractivity contribution is 5.83. The van der Waals surface area contributed by atoms with Crippen LogP contribution in [0.3, 0.4) is 0 Å². The van der Waals surface area contributed by atoms with Gasteiger partial charge in [0.05, 0.1) is 11.6 Å². The third-order valence-electron chi connectivity index (χ3n) is 6.66. The Labute approximate surface area is 182 Å². The third kappa shape index (κ3) is 3.00. The lowest BCUT2D eigenvalue weighted by atomic mass is 9.97. The van der Waals surface area contributed by atoms with E-state index in [9.17, 15) is 23.2 Å². The van der Waals surface area contributed by atoms with E-state index in [1.54, 1.807) is 4.90 Å². The van der Waals surface area contributed by atoms with Gasteiger partial charge >= 0.3 is 5.69 Å². The van der Waals surface area contributed by atoms with Gasteiger partial charge in [0.1, 0.15) is 11.4 Å². The van der Waals surface area contributed by atoms with Gasteiger partial charge in [-0.25, -0.2) is 18.1 Å². The molecule has 1 saturated heterocycles. The minimum Gasteiger partial charge on any atom is -0.333 e. The summed E-state index contributed by atoms with van der Waals surface area (Å²) in [5.41, 5.74) is 0.426. The number of aromatic amines is 1. The fourth-order valence-corrected chi connectivity index (χ4v) is 5.28. The second-order valence-electron chi connectivity index (χ2n) is 9.10. The number of hydrogen-bond acceptors (Lipinski definition) is 3. The Balaban J connectivity index is 1.62. The fourth-order valence-electron chi connectivity index (χ4n) is 5.28. The first kappa shape index (κ1) is 20.6. The van der Waals surface area contributed by atoms with E-state index in [0.717, 1.165) is 28.7 Å². The Bertz CT molecular complexity index is 1360. The normalized spacial score (nSPS) is 20.2. The molecule has 6 nitrogen and oxygen atoms in total. The lowest BCUT2D eigenvalue weighted by Gasteiger charge is -2.33. The zero-order chi connectivity index (χ0) is 22.7. The van der Waals surface area contributed by atoms with E-state index in [1.807, 2.05) is 32.0 Å². The molecular weight excluding hydrogens is 416 g/mol. The fraction of sp³-hybridized carbons (Fsp3) is 0.375. The Morgan fingerprint density at radius 1 is 1.12 bits per heavy atom. The summed E-state index contributed by atoms with van der Waals surface area (Å²) < 4.78 is 29.1. The van der Waals surface area contributed by atoms with Gasteiger partial charge < -0.3 is 9.88 Å². The molecule has 2 aliphatic rings. The van der Waals surface area contributed by atoms with Crippen molar-refractivity contribution in [2.45, 2.75) is 44.7 Å². The SMILES string of the molecule is CC(C)C[C@@H](C(=O)N1CC2CC1c1ccccc12)n1c(=O)[nH]c2ccc(F)c(F)c2c1=O. The molecule has 166 valence electrons. The quantitative estimate of drug-likeness (QED) is 0.675. The van der Waals surface area contributed by atoms with Crippen LogP contribution in [0, 0.1) is 17.6 Å². The van der Waals surface area contributed by atoms with Crippen LogP contribution in [0.2, 0.25) is 0 Å². The predicted molar refractivity (Wildman–Crippen MR) is 115 cm³/mol. The van der Waals surface area contributed by atoms with Crippen LogP contribution < -0.4 is 11.2 Å². The van der Waals surface area contributed by atoms with Crippen molar-refractivity contribution in [2.75, 3.05) is 6.54 Å². The van der Waals surface area contributed by atoms with E-state index in [4.69, 9.17) is 0 Å². The van der Waals surface area contributed by atoms with Crippen molar-refractivity contribution in [2.24, 2.45) is 5.92 Å². The molecule has 2 aromatic carbocycles. The number of nitrogens with zero attached hydrogens (tertiary/aromatic N) is 2. The van der Waals surface area contributed by atoms with Crippen molar-refractivity contribution in [3.8, 4) is 0 Å². The highest BCUT2D eigenvalue weighted by atomic mass is 19.2. The Morgan fingerprint density at radius 2 is 1.84 bits per heavy atom. The van der Waals surface area contributed by atoms with Crippen LogP contribution in [0.5, 0.6) is 0 Å². The second kappa shape index (κ2) is 7.39. The molecule has 1 fully saturated rings. The summed E-state index contributed by atoms with van der Waals surface area (Å²) in [6.45, 7) is 4.27. The first-order valence-electron chi connectivity index (χ1n) is 10.8. The molecule has 1 aliphatic heterocycles. The summed E-state index contributed by atoms with van der Waals surface area (Å²) in [7, 11) is 0. The largest absolute Gasteiger partial charge is 0.333 e. The molecule has 5 rings (SSSR count). The van der Waals surface area contributed by atoms with Crippen molar-refractivity contribution < 1.29 is 13.6 Å². The Hall–Kier alpha value is -3.29. The summed E-state index contributed by atoms with van der Waals surface area (Å²) in [6, 6.07) is 8.78. The molecule has 0 spiro atoms. The van der Waals surface area contributed by atoms with Crippen LogP contribution in [0.15, 0.2) is 46.0 Å². The highest BCUT2D eigenvalue weighted by Gasteiger charge is 2.46. The van der Waals surface area contributed by atoms with E-state index in [-0.39, 0.29) is 35.7 Å². The summed E-state index contributed by atoms with van der Waals surface area (Å²) in [4.78, 5) is 44.0. The number of rotatable bonds is 4. The number of likely N-dealkylation sites (tertiary alicyclic amines) is 1. The van der Waals surface area contributed by atoms with Crippen LogP contribution in [-0.2, 0) is 4.79 Å².